The van der Waals surface area contributed by atoms with Crippen molar-refractivity contribution in [1.82, 2.24) is 0 Å². The van der Waals surface area contributed by atoms with Crippen LogP contribution >= 0.6 is 0 Å². The Kier molecular flexibility index (Phi) is 11.9. The van der Waals surface area contributed by atoms with Gasteiger partial charge in [0.25, 0.3) is 0 Å². The Morgan fingerprint density at radius 3 is 1.88 bits per heavy atom. The molecule has 2 nitrogen and oxygen atoms in total. The first-order valence-electron chi connectivity index (χ1n) is 15.4. The molecule has 0 aliphatic heterocycles. The summed E-state index contributed by atoms with van der Waals surface area (Å²) < 4.78 is 69.0. The zero-order valence-corrected chi connectivity index (χ0v) is 24.7. The van der Waals surface area contributed by atoms with Gasteiger partial charge in [-0.3, -0.25) is 0 Å². The summed E-state index contributed by atoms with van der Waals surface area (Å²) in [6, 6.07) is 12.6. The maximum Gasteiger partial charge on any atom is 0.201 e. The molecule has 1 fully saturated rings. The molecule has 0 spiro atoms. The fraction of sp³-hybridized carbons (Fsp3) is 0.444. The van der Waals surface area contributed by atoms with E-state index in [0.717, 1.165) is 24.3 Å². The van der Waals surface area contributed by atoms with E-state index in [1.54, 1.807) is 6.92 Å². The summed E-state index contributed by atoms with van der Waals surface area (Å²) in [7, 11) is 0. The molecule has 0 unspecified atom stereocenters. The molecule has 1 saturated carbocycles. The van der Waals surface area contributed by atoms with E-state index in [0.29, 0.717) is 5.92 Å². The summed E-state index contributed by atoms with van der Waals surface area (Å²) in [6.07, 6.45) is 17.4. The average Bonchev–Trinajstić information content (AvgIpc) is 3.00. The van der Waals surface area contributed by atoms with Gasteiger partial charge in [-0.05, 0) is 92.7 Å². The van der Waals surface area contributed by atoms with E-state index in [2.05, 4.69) is 19.1 Å². The first-order valence-corrected chi connectivity index (χ1v) is 15.4. The van der Waals surface area contributed by atoms with Gasteiger partial charge < -0.3 is 9.47 Å². The molecule has 4 rings (SSSR count). The third-order valence-electron chi connectivity index (χ3n) is 8.22. The van der Waals surface area contributed by atoms with Gasteiger partial charge in [0.1, 0.15) is 6.61 Å². The smallest absolute Gasteiger partial charge is 0.201 e. The number of allylic oxidation sites excluding steroid dienone is 2. The van der Waals surface area contributed by atoms with Gasteiger partial charge in [0.15, 0.2) is 23.1 Å². The number of benzene rings is 3. The molecule has 42 heavy (non-hydrogen) atoms. The highest BCUT2D eigenvalue weighted by Crippen LogP contribution is 2.35. The van der Waals surface area contributed by atoms with Crippen molar-refractivity contribution in [2.24, 2.45) is 11.8 Å². The number of halogens is 4. The lowest BCUT2D eigenvalue weighted by Gasteiger charge is -2.26. The minimum Gasteiger partial charge on any atom is -0.491 e. The Morgan fingerprint density at radius 1 is 0.690 bits per heavy atom. The van der Waals surface area contributed by atoms with Gasteiger partial charge in [-0.1, -0.05) is 69.0 Å². The predicted octanol–water partition coefficient (Wildman–Crippen LogP) is 10.8. The molecule has 0 aromatic heterocycles. The number of hydrogen-bond acceptors (Lipinski definition) is 2. The van der Waals surface area contributed by atoms with Crippen molar-refractivity contribution in [3.8, 4) is 22.6 Å². The second-order valence-electron chi connectivity index (χ2n) is 11.3. The third-order valence-corrected chi connectivity index (χ3v) is 8.22. The molecular weight excluding hydrogens is 540 g/mol. The van der Waals surface area contributed by atoms with Crippen LogP contribution in [0.1, 0.15) is 82.8 Å². The number of hydrogen-bond donors (Lipinski definition) is 0. The first kappa shape index (κ1) is 31.7. The van der Waals surface area contributed by atoms with E-state index in [-0.39, 0.29) is 24.7 Å². The van der Waals surface area contributed by atoms with Crippen LogP contribution in [0.5, 0.6) is 11.5 Å². The van der Waals surface area contributed by atoms with Crippen LogP contribution in [0.2, 0.25) is 0 Å². The lowest BCUT2D eigenvalue weighted by molar-refractivity contribution is 0.285. The normalized spacial score (nSPS) is 17.1. The van der Waals surface area contributed by atoms with Crippen LogP contribution in [0, 0.1) is 35.1 Å². The Hall–Kier alpha value is -3.28. The quantitative estimate of drug-likeness (QED) is 0.107. The summed E-state index contributed by atoms with van der Waals surface area (Å²) in [6.45, 7) is 4.08. The zero-order valence-electron chi connectivity index (χ0n) is 24.7. The molecule has 3 aromatic rings. The molecule has 0 bridgehead atoms. The summed E-state index contributed by atoms with van der Waals surface area (Å²) in [4.78, 5) is 0. The minimum atomic E-state index is -1.31. The van der Waals surface area contributed by atoms with E-state index in [9.17, 15) is 17.6 Å². The van der Waals surface area contributed by atoms with E-state index < -0.39 is 34.4 Å². The topological polar surface area (TPSA) is 18.5 Å². The van der Waals surface area contributed by atoms with Crippen molar-refractivity contribution in [3.63, 3.8) is 0 Å². The van der Waals surface area contributed by atoms with Crippen molar-refractivity contribution in [2.75, 3.05) is 6.61 Å². The third kappa shape index (κ3) is 8.39. The number of ether oxygens (including phenoxy) is 2. The Labute approximate surface area is 247 Å². The highest BCUT2D eigenvalue weighted by molar-refractivity contribution is 5.67. The van der Waals surface area contributed by atoms with Crippen LogP contribution in [0.3, 0.4) is 0 Å². The zero-order chi connectivity index (χ0) is 29.9. The predicted molar refractivity (Wildman–Crippen MR) is 161 cm³/mol. The van der Waals surface area contributed by atoms with Crippen LogP contribution in [0.25, 0.3) is 11.1 Å². The van der Waals surface area contributed by atoms with Gasteiger partial charge in [-0.2, -0.15) is 8.78 Å². The van der Waals surface area contributed by atoms with Gasteiger partial charge >= 0.3 is 0 Å². The second kappa shape index (κ2) is 15.8. The standard InChI is InChI=1S/C36H42F4O2/c1-3-5-6-9-25-12-14-26(15-13-25)10-7-8-11-27-16-18-28(19-17-27)24-42-32-23-21-30(34(38)36(32)40)29-20-22-31(41-4-2)35(39)33(29)37/h7,10,16-23,25-26H,3-6,8-9,11-15,24H2,1-2H3/b10-7+. The number of aryl methyl sites for hydroxylation is 1. The highest BCUT2D eigenvalue weighted by atomic mass is 19.2. The Morgan fingerprint density at radius 2 is 1.29 bits per heavy atom. The van der Waals surface area contributed by atoms with Crippen LogP contribution in [0.15, 0.2) is 60.7 Å². The molecule has 0 heterocycles. The molecule has 226 valence electrons. The van der Waals surface area contributed by atoms with Gasteiger partial charge in [-0.15, -0.1) is 0 Å². The fourth-order valence-electron chi connectivity index (χ4n) is 5.71. The van der Waals surface area contributed by atoms with E-state index in [1.165, 1.54) is 81.2 Å². The van der Waals surface area contributed by atoms with Crippen LogP contribution in [0.4, 0.5) is 17.6 Å². The summed E-state index contributed by atoms with van der Waals surface area (Å²) in [5.41, 5.74) is 1.23. The molecule has 0 atom stereocenters. The van der Waals surface area contributed by atoms with Gasteiger partial charge in [0.2, 0.25) is 11.6 Å². The summed E-state index contributed by atoms with van der Waals surface area (Å²) in [5.74, 6) is -4.05. The van der Waals surface area contributed by atoms with Crippen molar-refractivity contribution >= 4 is 0 Å². The van der Waals surface area contributed by atoms with Crippen LogP contribution in [-0.2, 0) is 13.0 Å². The minimum absolute atomic E-state index is 0.0447. The second-order valence-corrected chi connectivity index (χ2v) is 11.3. The van der Waals surface area contributed by atoms with Crippen molar-refractivity contribution in [3.05, 3.63) is 95.1 Å². The molecule has 0 saturated heterocycles. The molecule has 0 N–H and O–H groups in total. The maximum absolute atomic E-state index is 14.8. The molecule has 1 aliphatic rings. The molecule has 3 aromatic carbocycles. The van der Waals surface area contributed by atoms with Gasteiger partial charge in [0.05, 0.1) is 6.61 Å². The monoisotopic (exact) mass is 582 g/mol. The Bertz CT molecular complexity index is 1310. The fourth-order valence-corrected chi connectivity index (χ4v) is 5.71. The van der Waals surface area contributed by atoms with E-state index in [1.807, 2.05) is 24.3 Å². The lowest BCUT2D eigenvalue weighted by atomic mass is 9.79. The largest absolute Gasteiger partial charge is 0.491 e. The first-order chi connectivity index (χ1) is 20.4. The number of unbranched alkanes of at least 4 members (excludes halogenated alkanes) is 2. The number of rotatable bonds is 14. The summed E-state index contributed by atoms with van der Waals surface area (Å²) in [5, 5.41) is 0. The van der Waals surface area contributed by atoms with Crippen LogP contribution in [-0.4, -0.2) is 6.61 Å². The molecule has 1 aliphatic carbocycles. The molecule has 6 heteroatoms. The maximum atomic E-state index is 14.8. The van der Waals surface area contributed by atoms with E-state index >= 15 is 0 Å². The SMILES string of the molecule is CCCCCC1CCC(/C=C/CCc2ccc(COc3ccc(-c4ccc(OCC)c(F)c4F)c(F)c3F)cc2)CC1. The molecule has 0 radical (unpaired) electrons. The van der Waals surface area contributed by atoms with Gasteiger partial charge in [0, 0.05) is 11.1 Å². The average molecular weight is 583 g/mol. The van der Waals surface area contributed by atoms with Crippen molar-refractivity contribution in [1.29, 1.82) is 0 Å². The lowest BCUT2D eigenvalue weighted by Crippen LogP contribution is -2.13. The Balaban J connectivity index is 1.25. The van der Waals surface area contributed by atoms with Crippen molar-refractivity contribution < 1.29 is 27.0 Å². The highest BCUT2D eigenvalue weighted by Gasteiger charge is 2.22. The van der Waals surface area contributed by atoms with Crippen molar-refractivity contribution in [2.45, 2.75) is 84.7 Å². The van der Waals surface area contributed by atoms with Crippen LogP contribution < -0.4 is 9.47 Å². The molecular formula is C36H42F4O2. The van der Waals surface area contributed by atoms with Gasteiger partial charge in [-0.25, -0.2) is 8.78 Å². The van der Waals surface area contributed by atoms with E-state index in [4.69, 9.17) is 9.47 Å². The molecule has 0 amide bonds. The summed E-state index contributed by atoms with van der Waals surface area (Å²) >= 11 is 0.